The van der Waals surface area contributed by atoms with Gasteiger partial charge in [-0.05, 0) is 74.2 Å². The average Bonchev–Trinajstić information content (AvgIpc) is 2.77. The number of anilines is 1. The monoisotopic (exact) mass is 463 g/mol. The summed E-state index contributed by atoms with van der Waals surface area (Å²) >= 11 is 0. The minimum absolute atomic E-state index is 0.175. The highest BCUT2D eigenvalue weighted by Gasteiger charge is 2.18. The minimum Gasteiger partial charge on any atom is -0.267 e. The molecule has 0 aliphatic heterocycles. The van der Waals surface area contributed by atoms with Crippen LogP contribution in [-0.4, -0.2) is 26.3 Å². The molecule has 1 N–H and O–H groups in total. The van der Waals surface area contributed by atoms with E-state index in [0.29, 0.717) is 17.0 Å². The number of nitrogens with zero attached hydrogens (tertiary/aromatic N) is 2. The van der Waals surface area contributed by atoms with Gasteiger partial charge in [-0.2, -0.15) is 5.10 Å². The molecule has 0 unspecified atom stereocenters. The summed E-state index contributed by atoms with van der Waals surface area (Å²) in [7, 11) is -3.48. The molecule has 3 aromatic rings. The van der Waals surface area contributed by atoms with Crippen molar-refractivity contribution in [2.75, 3.05) is 10.6 Å². The van der Waals surface area contributed by atoms with Crippen molar-refractivity contribution in [3.05, 3.63) is 100 Å². The van der Waals surface area contributed by atoms with Gasteiger partial charge in [0.25, 0.3) is 5.91 Å². The van der Waals surface area contributed by atoms with Crippen molar-refractivity contribution < 1.29 is 13.2 Å². The highest BCUT2D eigenvalue weighted by Crippen LogP contribution is 2.23. The molecular weight excluding hydrogens is 434 g/mol. The molecule has 33 heavy (non-hydrogen) atoms. The summed E-state index contributed by atoms with van der Waals surface area (Å²) in [5.41, 5.74) is 9.32. The Morgan fingerprint density at radius 2 is 1.48 bits per heavy atom. The van der Waals surface area contributed by atoms with Crippen molar-refractivity contribution in [2.45, 2.75) is 34.2 Å². The second kappa shape index (κ2) is 10.0. The van der Waals surface area contributed by atoms with Gasteiger partial charge in [0.15, 0.2) is 0 Å². The van der Waals surface area contributed by atoms with E-state index in [1.54, 1.807) is 30.3 Å². The summed E-state index contributed by atoms with van der Waals surface area (Å²) in [6.07, 6.45) is 1.19. The number of hydrogen-bond donors (Lipinski definition) is 1. The predicted octanol–water partition coefficient (Wildman–Crippen LogP) is 4.73. The molecule has 0 aromatic heterocycles. The lowest BCUT2D eigenvalue weighted by Crippen LogP contribution is -2.29. The topological polar surface area (TPSA) is 78.8 Å². The van der Waals surface area contributed by atoms with Crippen LogP contribution in [0.25, 0.3) is 0 Å². The van der Waals surface area contributed by atoms with Crippen molar-refractivity contribution in [3.8, 4) is 0 Å². The molecular formula is C26H29N3O3S. The zero-order chi connectivity index (χ0) is 24.2. The van der Waals surface area contributed by atoms with Crippen LogP contribution >= 0.6 is 0 Å². The molecule has 0 spiro atoms. The third-order valence-corrected chi connectivity index (χ3v) is 6.66. The normalized spacial score (nSPS) is 11.8. The van der Waals surface area contributed by atoms with Gasteiger partial charge in [0.2, 0.25) is 10.0 Å². The van der Waals surface area contributed by atoms with E-state index >= 15 is 0 Å². The van der Waals surface area contributed by atoms with Crippen molar-refractivity contribution in [1.29, 1.82) is 0 Å². The molecule has 0 radical (unpaired) electrons. The molecule has 6 nitrogen and oxygen atoms in total. The molecule has 0 aliphatic rings. The number of amides is 1. The Labute approximate surface area is 196 Å². The summed E-state index contributed by atoms with van der Waals surface area (Å²) in [6, 6.07) is 20.3. The molecule has 0 saturated heterocycles. The van der Waals surface area contributed by atoms with Crippen LogP contribution in [0.1, 0.15) is 45.1 Å². The Hall–Kier alpha value is -3.45. The molecule has 0 fully saturated rings. The van der Waals surface area contributed by atoms with Crippen LogP contribution in [0.3, 0.4) is 0 Å². The lowest BCUT2D eigenvalue weighted by molar-refractivity contribution is 0.0955. The number of benzene rings is 3. The second-order valence-corrected chi connectivity index (χ2v) is 10.1. The minimum atomic E-state index is -3.48. The molecule has 3 rings (SSSR count). The maximum absolute atomic E-state index is 12.5. The number of rotatable bonds is 7. The average molecular weight is 464 g/mol. The number of aryl methyl sites for hydroxylation is 3. The van der Waals surface area contributed by atoms with Crippen LogP contribution < -0.4 is 9.73 Å². The van der Waals surface area contributed by atoms with Crippen molar-refractivity contribution >= 4 is 27.3 Å². The second-order valence-electron chi connectivity index (χ2n) is 8.24. The fraction of sp³-hybridized carbons (Fsp3) is 0.231. The van der Waals surface area contributed by atoms with E-state index in [2.05, 4.69) is 10.5 Å². The largest absolute Gasteiger partial charge is 0.271 e. The summed E-state index contributed by atoms with van der Waals surface area (Å²) in [6.45, 7) is 7.96. The number of nitrogens with one attached hydrogen (secondary N) is 1. The van der Waals surface area contributed by atoms with E-state index in [4.69, 9.17) is 0 Å². The maximum atomic E-state index is 12.5. The van der Waals surface area contributed by atoms with E-state index in [9.17, 15) is 13.2 Å². The Morgan fingerprint density at radius 1 is 0.879 bits per heavy atom. The Kier molecular flexibility index (Phi) is 7.33. The molecule has 0 saturated carbocycles. The number of hydrogen-bond acceptors (Lipinski definition) is 4. The molecule has 7 heteroatoms. The zero-order valence-corrected chi connectivity index (χ0v) is 20.4. The van der Waals surface area contributed by atoms with Crippen LogP contribution in [0.15, 0.2) is 71.8 Å². The highest BCUT2D eigenvalue weighted by molar-refractivity contribution is 7.92. The highest BCUT2D eigenvalue weighted by atomic mass is 32.2. The third kappa shape index (κ3) is 6.29. The van der Waals surface area contributed by atoms with Crippen LogP contribution in [0.2, 0.25) is 0 Å². The van der Waals surface area contributed by atoms with Gasteiger partial charge < -0.3 is 0 Å². The van der Waals surface area contributed by atoms with Gasteiger partial charge in [0, 0.05) is 5.56 Å². The summed E-state index contributed by atoms with van der Waals surface area (Å²) in [4.78, 5) is 12.5. The van der Waals surface area contributed by atoms with E-state index in [-0.39, 0.29) is 12.5 Å². The maximum Gasteiger partial charge on any atom is 0.271 e. The molecule has 0 aliphatic carbocycles. The van der Waals surface area contributed by atoms with Gasteiger partial charge in [-0.25, -0.2) is 13.8 Å². The number of carbonyl (C=O) groups excluding carboxylic acids is 1. The number of carbonyl (C=O) groups is 1. The molecule has 0 atom stereocenters. The zero-order valence-electron chi connectivity index (χ0n) is 19.6. The lowest BCUT2D eigenvalue weighted by atomic mass is 10.1. The van der Waals surface area contributed by atoms with Crippen LogP contribution in [-0.2, 0) is 16.6 Å². The first-order valence-electron chi connectivity index (χ1n) is 10.6. The van der Waals surface area contributed by atoms with E-state index in [0.717, 1.165) is 27.8 Å². The van der Waals surface area contributed by atoms with Gasteiger partial charge in [-0.1, -0.05) is 48.0 Å². The summed E-state index contributed by atoms with van der Waals surface area (Å²) < 4.78 is 26.2. The Morgan fingerprint density at radius 3 is 2.06 bits per heavy atom. The van der Waals surface area contributed by atoms with E-state index in [1.165, 1.54) is 10.6 Å². The third-order valence-electron chi connectivity index (χ3n) is 5.52. The lowest BCUT2D eigenvalue weighted by Gasteiger charge is -2.23. The van der Waals surface area contributed by atoms with E-state index in [1.807, 2.05) is 64.1 Å². The molecule has 172 valence electrons. The fourth-order valence-corrected chi connectivity index (χ4v) is 4.15. The van der Waals surface area contributed by atoms with Gasteiger partial charge in [0.1, 0.15) is 0 Å². The SMILES string of the molecule is C/C(=N/NC(=O)c1ccc(CN(c2ccc(C)c(C)c2)S(C)(=O)=O)cc1)c1ccc(C)cc1. The molecule has 0 bridgehead atoms. The van der Waals surface area contributed by atoms with Crippen LogP contribution in [0.5, 0.6) is 0 Å². The van der Waals surface area contributed by atoms with E-state index < -0.39 is 10.0 Å². The standard InChI is InChI=1S/C26H29N3O3S/c1-18-6-11-23(12-7-18)21(4)27-28-26(30)24-13-9-22(10-14-24)17-29(33(5,31)32)25-15-8-19(2)20(3)16-25/h6-16H,17H2,1-5H3,(H,28,30)/b27-21-. The molecule has 3 aromatic carbocycles. The van der Waals surface area contributed by atoms with Crippen molar-refractivity contribution in [1.82, 2.24) is 5.43 Å². The quantitative estimate of drug-likeness (QED) is 0.406. The first kappa shape index (κ1) is 24.2. The van der Waals surface area contributed by atoms with Gasteiger partial charge in [0.05, 0.1) is 24.2 Å². The molecule has 0 heterocycles. The Balaban J connectivity index is 1.72. The first-order chi connectivity index (χ1) is 15.5. The predicted molar refractivity (Wildman–Crippen MR) is 134 cm³/mol. The molecule has 1 amide bonds. The fourth-order valence-electron chi connectivity index (χ4n) is 3.27. The summed E-state index contributed by atoms with van der Waals surface area (Å²) in [5, 5.41) is 4.19. The first-order valence-corrected chi connectivity index (χ1v) is 12.4. The summed E-state index contributed by atoms with van der Waals surface area (Å²) in [5.74, 6) is -0.331. The number of sulfonamides is 1. The Bertz CT molecular complexity index is 1280. The number of hydrazone groups is 1. The van der Waals surface area contributed by atoms with Crippen LogP contribution in [0.4, 0.5) is 5.69 Å². The van der Waals surface area contributed by atoms with Gasteiger partial charge >= 0.3 is 0 Å². The van der Waals surface area contributed by atoms with Gasteiger partial charge in [-0.15, -0.1) is 0 Å². The van der Waals surface area contributed by atoms with Gasteiger partial charge in [-0.3, -0.25) is 9.10 Å². The smallest absolute Gasteiger partial charge is 0.267 e. The van der Waals surface area contributed by atoms with Crippen molar-refractivity contribution in [3.63, 3.8) is 0 Å². The van der Waals surface area contributed by atoms with Crippen molar-refractivity contribution in [2.24, 2.45) is 5.10 Å². The van der Waals surface area contributed by atoms with Crippen LogP contribution in [0, 0.1) is 20.8 Å².